The molecule has 1 aromatic heterocycles. The lowest BCUT2D eigenvalue weighted by atomic mass is 10.2. The molecule has 2 rings (SSSR count). The number of hydrogen-bond donors (Lipinski definition) is 0. The summed E-state index contributed by atoms with van der Waals surface area (Å²) in [6.07, 6.45) is -2.95. The summed E-state index contributed by atoms with van der Waals surface area (Å²) in [5, 5.41) is 0. The number of rotatable bonds is 5. The van der Waals surface area contributed by atoms with Crippen molar-refractivity contribution in [3.8, 4) is 5.75 Å². The minimum Gasteiger partial charge on any atom is -0.484 e. The van der Waals surface area contributed by atoms with E-state index in [1.807, 2.05) is 0 Å². The number of carbonyl (C=O) groups excluding carboxylic acids is 1. The number of likely N-dealkylation sites (N-methyl/N-ethyl adjacent to an activating group) is 1. The van der Waals surface area contributed by atoms with Gasteiger partial charge in [-0.15, -0.1) is 0 Å². The number of alkyl halides is 3. The van der Waals surface area contributed by atoms with Gasteiger partial charge in [-0.3, -0.25) is 4.79 Å². The molecule has 4 nitrogen and oxygen atoms in total. The summed E-state index contributed by atoms with van der Waals surface area (Å²) >= 11 is 0. The van der Waals surface area contributed by atoms with Crippen LogP contribution in [0.1, 0.15) is 11.3 Å². The minimum atomic E-state index is -4.44. The highest BCUT2D eigenvalue weighted by molar-refractivity contribution is 5.77. The Labute approximate surface area is 125 Å². The monoisotopic (exact) mass is 313 g/mol. The molecule has 2 aromatic rings. The Morgan fingerprint density at radius 2 is 2.05 bits per heavy atom. The molecule has 0 fully saturated rings. The van der Waals surface area contributed by atoms with Gasteiger partial charge in [0.2, 0.25) is 0 Å². The Morgan fingerprint density at radius 3 is 2.68 bits per heavy atom. The Kier molecular flexibility index (Phi) is 4.75. The number of halogens is 3. The van der Waals surface area contributed by atoms with Crippen molar-refractivity contribution in [3.63, 3.8) is 0 Å². The van der Waals surface area contributed by atoms with Crippen molar-refractivity contribution < 1.29 is 27.1 Å². The highest BCUT2D eigenvalue weighted by Crippen LogP contribution is 2.31. The molecule has 7 heteroatoms. The molecule has 0 aliphatic heterocycles. The third-order valence-corrected chi connectivity index (χ3v) is 2.92. The van der Waals surface area contributed by atoms with E-state index in [-0.39, 0.29) is 24.8 Å². The van der Waals surface area contributed by atoms with Crippen molar-refractivity contribution in [1.29, 1.82) is 0 Å². The average molecular weight is 313 g/mol. The molecule has 0 spiro atoms. The molecule has 0 radical (unpaired) electrons. The fourth-order valence-corrected chi connectivity index (χ4v) is 1.74. The Balaban J connectivity index is 1.91. The maximum atomic E-state index is 12.6. The molecule has 1 aromatic carbocycles. The molecule has 0 aliphatic carbocycles. The summed E-state index contributed by atoms with van der Waals surface area (Å²) in [4.78, 5) is 13.2. The predicted molar refractivity (Wildman–Crippen MR) is 72.1 cm³/mol. The molecular formula is C15H14F3NO3. The van der Waals surface area contributed by atoms with Gasteiger partial charge in [-0.1, -0.05) is 6.07 Å². The summed E-state index contributed by atoms with van der Waals surface area (Å²) in [5.74, 6) is 0.235. The van der Waals surface area contributed by atoms with E-state index in [1.165, 1.54) is 23.3 Å². The normalized spacial score (nSPS) is 11.3. The van der Waals surface area contributed by atoms with Gasteiger partial charge in [-0.05, 0) is 30.3 Å². The van der Waals surface area contributed by atoms with Crippen LogP contribution in [0, 0.1) is 0 Å². The second-order valence-corrected chi connectivity index (χ2v) is 4.64. The zero-order valence-electron chi connectivity index (χ0n) is 11.8. The van der Waals surface area contributed by atoms with E-state index in [2.05, 4.69) is 0 Å². The van der Waals surface area contributed by atoms with Gasteiger partial charge < -0.3 is 14.1 Å². The molecule has 0 saturated carbocycles. The van der Waals surface area contributed by atoms with Crippen molar-refractivity contribution in [1.82, 2.24) is 4.90 Å². The highest BCUT2D eigenvalue weighted by Gasteiger charge is 2.30. The first kappa shape index (κ1) is 15.9. The molecule has 0 unspecified atom stereocenters. The van der Waals surface area contributed by atoms with E-state index < -0.39 is 11.7 Å². The first-order valence-corrected chi connectivity index (χ1v) is 6.42. The number of ether oxygens (including phenoxy) is 1. The van der Waals surface area contributed by atoms with Gasteiger partial charge in [-0.2, -0.15) is 13.2 Å². The molecule has 0 aliphatic rings. The zero-order valence-corrected chi connectivity index (χ0v) is 11.8. The second-order valence-electron chi connectivity index (χ2n) is 4.64. The van der Waals surface area contributed by atoms with E-state index in [0.29, 0.717) is 5.76 Å². The Bertz CT molecular complexity index is 623. The second kappa shape index (κ2) is 6.55. The summed E-state index contributed by atoms with van der Waals surface area (Å²) in [5.41, 5.74) is -0.818. The van der Waals surface area contributed by atoms with E-state index >= 15 is 0 Å². The SMILES string of the molecule is CN(Cc1ccco1)C(=O)COc1cccc(C(F)(F)F)c1. The lowest BCUT2D eigenvalue weighted by Crippen LogP contribution is -2.30. The molecule has 0 N–H and O–H groups in total. The molecule has 0 bridgehead atoms. The summed E-state index contributed by atoms with van der Waals surface area (Å²) in [7, 11) is 1.56. The zero-order chi connectivity index (χ0) is 16.2. The van der Waals surface area contributed by atoms with Crippen LogP contribution in [0.4, 0.5) is 13.2 Å². The molecule has 0 atom stereocenters. The van der Waals surface area contributed by atoms with Crippen molar-refractivity contribution >= 4 is 5.91 Å². The molecular weight excluding hydrogens is 299 g/mol. The Morgan fingerprint density at radius 1 is 1.27 bits per heavy atom. The lowest BCUT2D eigenvalue weighted by molar-refractivity contribution is -0.137. The van der Waals surface area contributed by atoms with Gasteiger partial charge in [0.1, 0.15) is 11.5 Å². The van der Waals surface area contributed by atoms with E-state index in [4.69, 9.17) is 9.15 Å². The van der Waals surface area contributed by atoms with Crippen molar-refractivity contribution in [2.45, 2.75) is 12.7 Å². The summed E-state index contributed by atoms with van der Waals surface area (Å²) < 4.78 is 47.9. The molecule has 22 heavy (non-hydrogen) atoms. The standard InChI is InChI=1S/C15H14F3NO3/c1-19(9-13-6-3-7-21-13)14(20)10-22-12-5-2-4-11(8-12)15(16,17)18/h2-8H,9-10H2,1H3. The van der Waals surface area contributed by atoms with Gasteiger partial charge in [0.15, 0.2) is 6.61 Å². The third kappa shape index (κ3) is 4.28. The maximum absolute atomic E-state index is 12.6. The summed E-state index contributed by atoms with van der Waals surface area (Å²) in [6.45, 7) is -0.0870. The third-order valence-electron chi connectivity index (χ3n) is 2.92. The topological polar surface area (TPSA) is 42.7 Å². The number of carbonyl (C=O) groups is 1. The predicted octanol–water partition coefficient (Wildman–Crippen LogP) is 3.34. The minimum absolute atomic E-state index is 0.00502. The van der Waals surface area contributed by atoms with Crippen LogP contribution in [0.5, 0.6) is 5.75 Å². The number of hydrogen-bond acceptors (Lipinski definition) is 3. The van der Waals surface area contributed by atoms with Crippen LogP contribution < -0.4 is 4.74 Å². The first-order chi connectivity index (χ1) is 10.4. The summed E-state index contributed by atoms with van der Waals surface area (Å²) in [6, 6.07) is 7.83. The molecule has 118 valence electrons. The van der Waals surface area contributed by atoms with Crippen molar-refractivity contribution in [3.05, 3.63) is 54.0 Å². The smallest absolute Gasteiger partial charge is 0.416 e. The van der Waals surface area contributed by atoms with Crippen LogP contribution in [-0.4, -0.2) is 24.5 Å². The van der Waals surface area contributed by atoms with Gasteiger partial charge in [0.25, 0.3) is 5.91 Å². The molecule has 1 amide bonds. The van der Waals surface area contributed by atoms with Crippen LogP contribution in [0.25, 0.3) is 0 Å². The van der Waals surface area contributed by atoms with Crippen LogP contribution in [0.3, 0.4) is 0 Å². The van der Waals surface area contributed by atoms with Crippen LogP contribution in [0.15, 0.2) is 47.1 Å². The highest BCUT2D eigenvalue weighted by atomic mass is 19.4. The van der Waals surface area contributed by atoms with Crippen LogP contribution in [-0.2, 0) is 17.5 Å². The molecule has 1 heterocycles. The van der Waals surface area contributed by atoms with Crippen LogP contribution >= 0.6 is 0 Å². The van der Waals surface area contributed by atoms with Gasteiger partial charge in [0.05, 0.1) is 18.4 Å². The van der Waals surface area contributed by atoms with Crippen LogP contribution in [0.2, 0.25) is 0 Å². The number of amides is 1. The van der Waals surface area contributed by atoms with Gasteiger partial charge >= 0.3 is 6.18 Å². The van der Waals surface area contributed by atoms with Gasteiger partial charge in [0, 0.05) is 7.05 Å². The van der Waals surface area contributed by atoms with Gasteiger partial charge in [-0.25, -0.2) is 0 Å². The van der Waals surface area contributed by atoms with Crippen molar-refractivity contribution in [2.75, 3.05) is 13.7 Å². The number of benzene rings is 1. The maximum Gasteiger partial charge on any atom is 0.416 e. The quantitative estimate of drug-likeness (QED) is 0.850. The number of furan rings is 1. The molecule has 0 saturated heterocycles. The fourth-order valence-electron chi connectivity index (χ4n) is 1.74. The first-order valence-electron chi connectivity index (χ1n) is 6.42. The van der Waals surface area contributed by atoms with Crippen molar-refractivity contribution in [2.24, 2.45) is 0 Å². The largest absolute Gasteiger partial charge is 0.484 e. The Hall–Kier alpha value is -2.44. The van der Waals surface area contributed by atoms with E-state index in [1.54, 1.807) is 19.2 Å². The van der Waals surface area contributed by atoms with E-state index in [0.717, 1.165) is 12.1 Å². The average Bonchev–Trinajstić information content (AvgIpc) is 2.97. The lowest BCUT2D eigenvalue weighted by Gasteiger charge is -2.16. The fraction of sp³-hybridized carbons (Fsp3) is 0.267. The number of nitrogens with zero attached hydrogens (tertiary/aromatic N) is 1. The van der Waals surface area contributed by atoms with E-state index in [9.17, 15) is 18.0 Å².